The number of aryl methyl sites for hydroxylation is 2. The lowest BCUT2D eigenvalue weighted by atomic mass is 10.1. The molecular weight excluding hydrogens is 306 g/mol. The normalized spacial score (nSPS) is 14.0. The number of rotatable bonds is 3. The summed E-state index contributed by atoms with van der Waals surface area (Å²) >= 11 is 1.45. The monoisotopic (exact) mass is 320 g/mol. The molecule has 3 nitrogen and oxygen atoms in total. The molecule has 0 fully saturated rings. The number of halogens is 2. The van der Waals surface area contributed by atoms with Gasteiger partial charge in [0.15, 0.2) is 0 Å². The summed E-state index contributed by atoms with van der Waals surface area (Å²) in [5.74, 6) is -1.76. The van der Waals surface area contributed by atoms with Crippen molar-refractivity contribution in [2.45, 2.75) is 26.2 Å². The van der Waals surface area contributed by atoms with Gasteiger partial charge in [-0.1, -0.05) is 6.07 Å². The van der Waals surface area contributed by atoms with Gasteiger partial charge >= 0.3 is 0 Å². The first-order chi connectivity index (χ1) is 10.6. The molecule has 0 bridgehead atoms. The van der Waals surface area contributed by atoms with Crippen LogP contribution in [0.1, 0.15) is 39.0 Å². The van der Waals surface area contributed by atoms with Crippen molar-refractivity contribution in [1.82, 2.24) is 5.43 Å². The first-order valence-corrected chi connectivity index (χ1v) is 7.78. The minimum absolute atomic E-state index is 0.0908. The van der Waals surface area contributed by atoms with E-state index in [1.807, 2.05) is 6.07 Å². The predicted molar refractivity (Wildman–Crippen MR) is 82.4 cm³/mol. The van der Waals surface area contributed by atoms with Crippen LogP contribution < -0.4 is 5.43 Å². The lowest BCUT2D eigenvalue weighted by Gasteiger charge is -2.04. The van der Waals surface area contributed by atoms with Crippen molar-refractivity contribution >= 4 is 23.0 Å². The van der Waals surface area contributed by atoms with Gasteiger partial charge in [0.05, 0.1) is 16.2 Å². The van der Waals surface area contributed by atoms with Gasteiger partial charge in [-0.15, -0.1) is 11.3 Å². The smallest absolute Gasteiger partial charge is 0.266 e. The lowest BCUT2D eigenvalue weighted by Crippen LogP contribution is -2.19. The largest absolute Gasteiger partial charge is 0.281 e. The average molecular weight is 320 g/mol. The number of nitrogens with zero attached hydrogens (tertiary/aromatic N) is 1. The molecule has 1 aliphatic rings. The summed E-state index contributed by atoms with van der Waals surface area (Å²) in [4.78, 5) is 13.9. The Morgan fingerprint density at radius 2 is 2.00 bits per heavy atom. The number of thiophene rings is 1. The SMILES string of the molecule is C/C(=N/NC(=O)c1cc2c(s1)CCC2)c1c(F)cccc1F. The minimum Gasteiger partial charge on any atom is -0.266 e. The second kappa shape index (κ2) is 5.96. The molecule has 2 aromatic rings. The highest BCUT2D eigenvalue weighted by atomic mass is 32.1. The molecule has 1 N–H and O–H groups in total. The number of nitrogens with one attached hydrogen (secondary N) is 1. The molecule has 1 aliphatic carbocycles. The molecule has 3 rings (SSSR count). The van der Waals surface area contributed by atoms with Crippen molar-refractivity contribution in [2.75, 3.05) is 0 Å². The number of hydrogen-bond acceptors (Lipinski definition) is 3. The van der Waals surface area contributed by atoms with E-state index in [0.717, 1.165) is 31.4 Å². The predicted octanol–water partition coefficient (Wildman–Crippen LogP) is 3.67. The summed E-state index contributed by atoms with van der Waals surface area (Å²) in [6.07, 6.45) is 3.14. The van der Waals surface area contributed by atoms with Crippen LogP contribution in [-0.4, -0.2) is 11.6 Å². The maximum atomic E-state index is 13.6. The molecule has 0 saturated carbocycles. The molecule has 1 aromatic heterocycles. The molecule has 0 saturated heterocycles. The molecule has 1 amide bonds. The van der Waals surface area contributed by atoms with Crippen molar-refractivity contribution in [1.29, 1.82) is 0 Å². The van der Waals surface area contributed by atoms with Crippen LogP contribution in [0, 0.1) is 11.6 Å². The maximum Gasteiger partial charge on any atom is 0.281 e. The van der Waals surface area contributed by atoms with E-state index >= 15 is 0 Å². The zero-order valence-corrected chi connectivity index (χ0v) is 12.8. The summed E-state index contributed by atoms with van der Waals surface area (Å²) < 4.78 is 27.3. The molecule has 0 atom stereocenters. The Kier molecular flexibility index (Phi) is 4.02. The van der Waals surface area contributed by atoms with Crippen LogP contribution >= 0.6 is 11.3 Å². The average Bonchev–Trinajstić information content (AvgIpc) is 3.05. The minimum atomic E-state index is -0.703. The molecule has 1 aromatic carbocycles. The maximum absolute atomic E-state index is 13.6. The number of hydrogen-bond donors (Lipinski definition) is 1. The first kappa shape index (κ1) is 14.8. The van der Waals surface area contributed by atoms with Crippen LogP contribution in [0.3, 0.4) is 0 Å². The Balaban J connectivity index is 1.76. The van der Waals surface area contributed by atoms with E-state index in [1.54, 1.807) is 0 Å². The van der Waals surface area contributed by atoms with E-state index < -0.39 is 11.6 Å². The van der Waals surface area contributed by atoms with E-state index in [0.29, 0.717) is 4.88 Å². The van der Waals surface area contributed by atoms with Gasteiger partial charge in [-0.25, -0.2) is 14.2 Å². The molecular formula is C16H14F2N2OS. The van der Waals surface area contributed by atoms with Crippen molar-refractivity contribution in [3.05, 3.63) is 56.8 Å². The number of carbonyl (C=O) groups is 1. The van der Waals surface area contributed by atoms with Gasteiger partial charge in [0.25, 0.3) is 5.91 Å². The zero-order chi connectivity index (χ0) is 15.7. The van der Waals surface area contributed by atoms with Gasteiger partial charge in [0.2, 0.25) is 0 Å². The van der Waals surface area contributed by atoms with Crippen molar-refractivity contribution in [2.24, 2.45) is 5.10 Å². The van der Waals surface area contributed by atoms with Crippen molar-refractivity contribution < 1.29 is 13.6 Å². The highest BCUT2D eigenvalue weighted by Gasteiger charge is 2.18. The number of benzene rings is 1. The van der Waals surface area contributed by atoms with Gasteiger partial charge < -0.3 is 0 Å². The number of hydrazone groups is 1. The van der Waals surface area contributed by atoms with Crippen LogP contribution in [0.2, 0.25) is 0 Å². The zero-order valence-electron chi connectivity index (χ0n) is 12.0. The molecule has 0 aliphatic heterocycles. The van der Waals surface area contributed by atoms with E-state index in [1.165, 1.54) is 34.8 Å². The van der Waals surface area contributed by atoms with E-state index in [-0.39, 0.29) is 17.2 Å². The fourth-order valence-corrected chi connectivity index (χ4v) is 3.67. The van der Waals surface area contributed by atoms with E-state index in [9.17, 15) is 13.6 Å². The van der Waals surface area contributed by atoms with Gasteiger partial charge in [0, 0.05) is 4.88 Å². The summed E-state index contributed by atoms with van der Waals surface area (Å²) in [5.41, 5.74) is 3.45. The molecule has 0 radical (unpaired) electrons. The Labute approximate surface area is 130 Å². The third-order valence-corrected chi connectivity index (χ3v) is 4.86. The Bertz CT molecular complexity index is 726. The van der Waals surface area contributed by atoms with E-state index in [4.69, 9.17) is 0 Å². The van der Waals surface area contributed by atoms with Gasteiger partial charge in [0.1, 0.15) is 11.6 Å². The fourth-order valence-electron chi connectivity index (χ4n) is 2.53. The topological polar surface area (TPSA) is 41.5 Å². The van der Waals surface area contributed by atoms with Gasteiger partial charge in [-0.2, -0.15) is 5.10 Å². The van der Waals surface area contributed by atoms with Crippen LogP contribution in [0.5, 0.6) is 0 Å². The highest BCUT2D eigenvalue weighted by Crippen LogP contribution is 2.30. The Morgan fingerprint density at radius 1 is 1.27 bits per heavy atom. The van der Waals surface area contributed by atoms with Crippen LogP contribution in [0.15, 0.2) is 29.4 Å². The van der Waals surface area contributed by atoms with Crippen LogP contribution in [-0.2, 0) is 12.8 Å². The third kappa shape index (κ3) is 2.78. The van der Waals surface area contributed by atoms with Crippen molar-refractivity contribution in [3.8, 4) is 0 Å². The van der Waals surface area contributed by atoms with E-state index in [2.05, 4.69) is 10.5 Å². The Hall–Kier alpha value is -2.08. The molecule has 1 heterocycles. The molecule has 0 spiro atoms. The fraction of sp³-hybridized carbons (Fsp3) is 0.250. The molecule has 6 heteroatoms. The second-order valence-corrected chi connectivity index (χ2v) is 6.28. The number of carbonyl (C=O) groups excluding carboxylic acids is 1. The van der Waals surface area contributed by atoms with Gasteiger partial charge in [-0.05, 0) is 49.9 Å². The van der Waals surface area contributed by atoms with Gasteiger partial charge in [-0.3, -0.25) is 4.79 Å². The Morgan fingerprint density at radius 3 is 2.68 bits per heavy atom. The highest BCUT2D eigenvalue weighted by molar-refractivity contribution is 7.14. The molecule has 22 heavy (non-hydrogen) atoms. The molecule has 114 valence electrons. The summed E-state index contributed by atoms with van der Waals surface area (Å²) in [6.45, 7) is 1.45. The second-order valence-electron chi connectivity index (χ2n) is 5.15. The standard InChI is InChI=1S/C16H14F2N2OS/c1-9(15-11(17)5-3-6-12(15)18)19-20-16(21)14-8-10-4-2-7-13(10)22-14/h3,5-6,8H,2,4,7H2,1H3,(H,20,21)/b19-9-. The lowest BCUT2D eigenvalue weighted by molar-refractivity contribution is 0.0958. The summed E-state index contributed by atoms with van der Waals surface area (Å²) in [5, 5.41) is 3.82. The summed E-state index contributed by atoms with van der Waals surface area (Å²) in [7, 11) is 0. The summed E-state index contributed by atoms with van der Waals surface area (Å²) in [6, 6.07) is 5.47. The third-order valence-electron chi connectivity index (χ3n) is 3.62. The van der Waals surface area contributed by atoms with Crippen LogP contribution in [0.25, 0.3) is 0 Å². The first-order valence-electron chi connectivity index (χ1n) is 6.97. The number of amides is 1. The van der Waals surface area contributed by atoms with Crippen LogP contribution in [0.4, 0.5) is 8.78 Å². The number of fused-ring (bicyclic) bond motifs is 1. The molecule has 0 unspecified atom stereocenters. The van der Waals surface area contributed by atoms with Crippen molar-refractivity contribution in [3.63, 3.8) is 0 Å². The quantitative estimate of drug-likeness (QED) is 0.680.